The number of rotatable bonds is 4. The highest BCUT2D eigenvalue weighted by atomic mass is 19.2. The van der Waals surface area contributed by atoms with Crippen LogP contribution >= 0.6 is 0 Å². The van der Waals surface area contributed by atoms with Crippen molar-refractivity contribution in [1.82, 2.24) is 10.3 Å². The molecule has 2 aromatic rings. The summed E-state index contributed by atoms with van der Waals surface area (Å²) in [7, 11) is 0. The zero-order valence-corrected chi connectivity index (χ0v) is 13.2. The fourth-order valence-corrected chi connectivity index (χ4v) is 2.93. The molecule has 0 atom stereocenters. The normalized spacial score (nSPS) is 15.3. The van der Waals surface area contributed by atoms with Gasteiger partial charge in [-0.1, -0.05) is 0 Å². The van der Waals surface area contributed by atoms with Crippen LogP contribution in [0.4, 0.5) is 14.5 Å². The van der Waals surface area contributed by atoms with Crippen molar-refractivity contribution in [3.63, 3.8) is 0 Å². The first-order valence-corrected chi connectivity index (χ1v) is 8.01. The van der Waals surface area contributed by atoms with Crippen LogP contribution in [0.25, 0.3) is 0 Å². The van der Waals surface area contributed by atoms with Crippen molar-refractivity contribution in [2.45, 2.75) is 12.8 Å². The van der Waals surface area contributed by atoms with Crippen LogP contribution in [0, 0.1) is 17.6 Å². The number of hydrogen-bond acceptors (Lipinski definition) is 3. The number of carbonyl (C=O) groups is 1. The van der Waals surface area contributed by atoms with E-state index in [9.17, 15) is 13.6 Å². The zero-order valence-electron chi connectivity index (χ0n) is 13.2. The average molecular weight is 331 g/mol. The smallest absolute Gasteiger partial charge is 0.251 e. The zero-order chi connectivity index (χ0) is 16.9. The number of amides is 1. The molecule has 1 N–H and O–H groups in total. The molecule has 1 aliphatic heterocycles. The minimum atomic E-state index is -1.01. The van der Waals surface area contributed by atoms with Crippen molar-refractivity contribution in [3.05, 3.63) is 59.9 Å². The van der Waals surface area contributed by atoms with Crippen molar-refractivity contribution in [3.8, 4) is 0 Å². The number of hydrogen-bond donors (Lipinski definition) is 1. The first-order chi connectivity index (χ1) is 11.6. The third-order valence-electron chi connectivity index (χ3n) is 4.38. The Morgan fingerprint density at radius 2 is 1.83 bits per heavy atom. The van der Waals surface area contributed by atoms with Gasteiger partial charge in [0.2, 0.25) is 0 Å². The summed E-state index contributed by atoms with van der Waals surface area (Å²) in [6.07, 6.45) is 5.51. The Balaban J connectivity index is 1.48. The van der Waals surface area contributed by atoms with Gasteiger partial charge in [0.05, 0.1) is 0 Å². The van der Waals surface area contributed by atoms with E-state index in [1.807, 2.05) is 12.1 Å². The van der Waals surface area contributed by atoms with Crippen LogP contribution in [-0.4, -0.2) is 30.5 Å². The molecule has 0 radical (unpaired) electrons. The molecule has 1 fully saturated rings. The molecule has 0 saturated carbocycles. The molecule has 2 heterocycles. The molecule has 0 bridgehead atoms. The van der Waals surface area contributed by atoms with Crippen molar-refractivity contribution >= 4 is 11.6 Å². The van der Waals surface area contributed by atoms with Crippen molar-refractivity contribution in [2.75, 3.05) is 24.5 Å². The predicted molar refractivity (Wildman–Crippen MR) is 87.9 cm³/mol. The van der Waals surface area contributed by atoms with Gasteiger partial charge in [0.15, 0.2) is 11.6 Å². The number of benzene rings is 1. The Labute approximate surface area is 139 Å². The van der Waals surface area contributed by atoms with Crippen LogP contribution < -0.4 is 10.2 Å². The maximum absolute atomic E-state index is 13.2. The molecule has 0 aliphatic carbocycles. The minimum absolute atomic E-state index is 0.142. The van der Waals surface area contributed by atoms with Gasteiger partial charge in [-0.05, 0) is 49.1 Å². The van der Waals surface area contributed by atoms with Crippen LogP contribution in [-0.2, 0) is 0 Å². The van der Waals surface area contributed by atoms with Gasteiger partial charge in [0.1, 0.15) is 0 Å². The van der Waals surface area contributed by atoms with Gasteiger partial charge in [-0.15, -0.1) is 0 Å². The standard InChI is InChI=1S/C18H19F2N3O/c19-16-2-1-14(11-17(16)20)18(24)22-12-13-5-9-23(10-6-13)15-3-7-21-8-4-15/h1-4,7-8,11,13H,5-6,9-10,12H2,(H,22,24). The number of piperidine rings is 1. The van der Waals surface area contributed by atoms with Gasteiger partial charge in [0.25, 0.3) is 5.91 Å². The second kappa shape index (κ2) is 7.38. The highest BCUT2D eigenvalue weighted by Gasteiger charge is 2.20. The highest BCUT2D eigenvalue weighted by Crippen LogP contribution is 2.22. The molecular formula is C18H19F2N3O. The predicted octanol–water partition coefficient (Wildman–Crippen LogP) is 3.01. The molecule has 1 saturated heterocycles. The van der Waals surface area contributed by atoms with Gasteiger partial charge in [-0.2, -0.15) is 0 Å². The second-order valence-corrected chi connectivity index (χ2v) is 5.97. The summed E-state index contributed by atoms with van der Waals surface area (Å²) in [5.74, 6) is -1.94. The van der Waals surface area contributed by atoms with Crippen LogP contribution in [0.3, 0.4) is 0 Å². The summed E-state index contributed by atoms with van der Waals surface area (Å²) < 4.78 is 26.1. The molecule has 1 aromatic heterocycles. The molecule has 0 spiro atoms. The molecule has 3 rings (SSSR count). The van der Waals surface area contributed by atoms with Crippen molar-refractivity contribution < 1.29 is 13.6 Å². The maximum Gasteiger partial charge on any atom is 0.251 e. The Morgan fingerprint density at radius 1 is 1.12 bits per heavy atom. The fourth-order valence-electron chi connectivity index (χ4n) is 2.93. The number of carbonyl (C=O) groups excluding carboxylic acids is 1. The van der Waals surface area contributed by atoms with Crippen LogP contribution in [0.5, 0.6) is 0 Å². The van der Waals surface area contributed by atoms with Gasteiger partial charge in [-0.3, -0.25) is 9.78 Å². The van der Waals surface area contributed by atoms with Gasteiger partial charge in [0, 0.05) is 43.3 Å². The third kappa shape index (κ3) is 3.88. The molecule has 126 valence electrons. The van der Waals surface area contributed by atoms with E-state index in [0.717, 1.165) is 43.8 Å². The summed E-state index contributed by atoms with van der Waals surface area (Å²) in [6, 6.07) is 7.17. The minimum Gasteiger partial charge on any atom is -0.371 e. The lowest BCUT2D eigenvalue weighted by molar-refractivity contribution is 0.0944. The van der Waals surface area contributed by atoms with Crippen molar-refractivity contribution in [2.24, 2.45) is 5.92 Å². The number of nitrogens with one attached hydrogen (secondary N) is 1. The topological polar surface area (TPSA) is 45.2 Å². The summed E-state index contributed by atoms with van der Waals surface area (Å²) in [5.41, 5.74) is 1.30. The van der Waals surface area contributed by atoms with Gasteiger partial charge >= 0.3 is 0 Å². The van der Waals surface area contributed by atoms with E-state index >= 15 is 0 Å². The molecule has 6 heteroatoms. The highest BCUT2D eigenvalue weighted by molar-refractivity contribution is 5.94. The fraction of sp³-hybridized carbons (Fsp3) is 0.333. The Bertz CT molecular complexity index is 701. The lowest BCUT2D eigenvalue weighted by atomic mass is 9.96. The maximum atomic E-state index is 13.2. The van der Waals surface area contributed by atoms with Crippen LogP contribution in [0.2, 0.25) is 0 Å². The number of aromatic nitrogens is 1. The van der Waals surface area contributed by atoms with E-state index in [-0.39, 0.29) is 11.5 Å². The third-order valence-corrected chi connectivity index (χ3v) is 4.38. The Kier molecular flexibility index (Phi) is 5.03. The lowest BCUT2D eigenvalue weighted by Gasteiger charge is -2.33. The number of halogens is 2. The van der Waals surface area contributed by atoms with Gasteiger partial charge < -0.3 is 10.2 Å². The molecular weight excluding hydrogens is 312 g/mol. The Morgan fingerprint density at radius 3 is 2.50 bits per heavy atom. The monoisotopic (exact) mass is 331 g/mol. The molecule has 24 heavy (non-hydrogen) atoms. The molecule has 4 nitrogen and oxygen atoms in total. The number of pyridine rings is 1. The SMILES string of the molecule is O=C(NCC1CCN(c2ccncc2)CC1)c1ccc(F)c(F)c1. The molecule has 1 amide bonds. The first kappa shape index (κ1) is 16.4. The molecule has 0 unspecified atom stereocenters. The van der Waals surface area contributed by atoms with Crippen LogP contribution in [0.1, 0.15) is 23.2 Å². The quantitative estimate of drug-likeness (QED) is 0.937. The van der Waals surface area contributed by atoms with E-state index in [2.05, 4.69) is 15.2 Å². The number of nitrogens with zero attached hydrogens (tertiary/aromatic N) is 2. The summed E-state index contributed by atoms with van der Waals surface area (Å²) in [4.78, 5) is 18.3. The van der Waals surface area contributed by atoms with E-state index in [4.69, 9.17) is 0 Å². The largest absolute Gasteiger partial charge is 0.371 e. The van der Waals surface area contributed by atoms with E-state index in [1.54, 1.807) is 12.4 Å². The summed E-state index contributed by atoms with van der Waals surface area (Å²) in [6.45, 7) is 2.40. The van der Waals surface area contributed by atoms with E-state index in [0.29, 0.717) is 12.5 Å². The first-order valence-electron chi connectivity index (χ1n) is 8.01. The second-order valence-electron chi connectivity index (χ2n) is 5.97. The molecule has 1 aromatic carbocycles. The van der Waals surface area contributed by atoms with E-state index in [1.165, 1.54) is 6.07 Å². The van der Waals surface area contributed by atoms with Gasteiger partial charge in [-0.25, -0.2) is 8.78 Å². The average Bonchev–Trinajstić information content (AvgIpc) is 2.63. The van der Waals surface area contributed by atoms with Crippen molar-refractivity contribution in [1.29, 1.82) is 0 Å². The lowest BCUT2D eigenvalue weighted by Crippen LogP contribution is -2.38. The van der Waals surface area contributed by atoms with E-state index < -0.39 is 11.6 Å². The summed E-state index contributed by atoms with van der Waals surface area (Å²) in [5, 5.41) is 2.81. The van der Waals surface area contributed by atoms with Crippen LogP contribution in [0.15, 0.2) is 42.7 Å². The number of anilines is 1. The Hall–Kier alpha value is -2.50. The molecule has 1 aliphatic rings. The summed E-state index contributed by atoms with van der Waals surface area (Å²) >= 11 is 0.